The van der Waals surface area contributed by atoms with E-state index in [0.717, 1.165) is 32.6 Å². The van der Waals surface area contributed by atoms with Gasteiger partial charge in [-0.05, 0) is 42.9 Å². The molecule has 2 heterocycles. The smallest absolute Gasteiger partial charge is 0.260 e. The molecule has 132 valence electrons. The molecule has 0 atom stereocenters. The summed E-state index contributed by atoms with van der Waals surface area (Å²) in [7, 11) is 0. The Morgan fingerprint density at radius 1 is 1.17 bits per heavy atom. The van der Waals surface area contributed by atoms with Crippen LogP contribution in [0.1, 0.15) is 19.3 Å². The van der Waals surface area contributed by atoms with E-state index in [1.54, 1.807) is 18.2 Å². The predicted octanol–water partition coefficient (Wildman–Crippen LogP) is 2.63. The van der Waals surface area contributed by atoms with Crippen LogP contribution in [0.5, 0.6) is 5.75 Å². The predicted molar refractivity (Wildman–Crippen MR) is 95.0 cm³/mol. The van der Waals surface area contributed by atoms with Crippen LogP contribution in [0.3, 0.4) is 0 Å². The van der Waals surface area contributed by atoms with E-state index in [9.17, 15) is 9.18 Å². The summed E-state index contributed by atoms with van der Waals surface area (Å²) in [5.74, 6) is 2.16. The standard InChI is InChI=1S/C18H25FN2O2S/c19-16-4-1-2-5-17(16)23-14-18(22)21-9-3-8-20(10-11-21)15-6-12-24-13-7-15/h1-2,4-5,15H,3,6-14H2. The van der Waals surface area contributed by atoms with Crippen LogP contribution in [0.2, 0.25) is 0 Å². The van der Waals surface area contributed by atoms with Crippen molar-refractivity contribution in [2.45, 2.75) is 25.3 Å². The van der Waals surface area contributed by atoms with Crippen LogP contribution in [0.25, 0.3) is 0 Å². The molecule has 3 rings (SSSR count). The molecular weight excluding hydrogens is 327 g/mol. The van der Waals surface area contributed by atoms with Crippen LogP contribution >= 0.6 is 11.8 Å². The Morgan fingerprint density at radius 3 is 2.75 bits per heavy atom. The molecule has 0 aliphatic carbocycles. The lowest BCUT2D eigenvalue weighted by atomic mass is 10.1. The number of benzene rings is 1. The molecular formula is C18H25FN2O2S. The van der Waals surface area contributed by atoms with Gasteiger partial charge in [-0.3, -0.25) is 9.69 Å². The Bertz CT molecular complexity index is 552. The van der Waals surface area contributed by atoms with Gasteiger partial charge in [0.25, 0.3) is 5.91 Å². The lowest BCUT2D eigenvalue weighted by molar-refractivity contribution is -0.133. The third-order valence-electron chi connectivity index (χ3n) is 4.78. The number of thioether (sulfide) groups is 1. The topological polar surface area (TPSA) is 32.8 Å². The van der Waals surface area contributed by atoms with E-state index in [4.69, 9.17) is 4.74 Å². The SMILES string of the molecule is O=C(COc1ccccc1F)N1CCCN(C2CCSCC2)CC1. The average molecular weight is 352 g/mol. The van der Waals surface area contributed by atoms with Crippen molar-refractivity contribution in [1.82, 2.24) is 9.80 Å². The lowest BCUT2D eigenvalue weighted by Gasteiger charge is -2.33. The van der Waals surface area contributed by atoms with Crippen molar-refractivity contribution < 1.29 is 13.9 Å². The highest BCUT2D eigenvalue weighted by Crippen LogP contribution is 2.23. The highest BCUT2D eigenvalue weighted by atomic mass is 32.2. The molecule has 1 amide bonds. The number of halogens is 1. The highest BCUT2D eigenvalue weighted by Gasteiger charge is 2.25. The first-order valence-corrected chi connectivity index (χ1v) is 9.86. The zero-order valence-corrected chi connectivity index (χ0v) is 14.8. The summed E-state index contributed by atoms with van der Waals surface area (Å²) in [5.41, 5.74) is 0. The summed E-state index contributed by atoms with van der Waals surface area (Å²) < 4.78 is 18.9. The quantitative estimate of drug-likeness (QED) is 0.834. The molecule has 2 saturated heterocycles. The van der Waals surface area contributed by atoms with Gasteiger partial charge < -0.3 is 9.64 Å². The van der Waals surface area contributed by atoms with E-state index in [2.05, 4.69) is 4.90 Å². The Hall–Kier alpha value is -1.27. The molecule has 2 aliphatic rings. The van der Waals surface area contributed by atoms with Gasteiger partial charge in [0.05, 0.1) is 0 Å². The minimum absolute atomic E-state index is 0.0562. The van der Waals surface area contributed by atoms with Gasteiger partial charge in [0.15, 0.2) is 18.2 Å². The van der Waals surface area contributed by atoms with Gasteiger partial charge >= 0.3 is 0 Å². The molecule has 4 nitrogen and oxygen atoms in total. The third-order valence-corrected chi connectivity index (χ3v) is 5.83. The fourth-order valence-electron chi connectivity index (χ4n) is 3.39. The van der Waals surface area contributed by atoms with Gasteiger partial charge in [-0.25, -0.2) is 4.39 Å². The number of carbonyl (C=O) groups excluding carboxylic acids is 1. The molecule has 0 spiro atoms. The number of nitrogens with zero attached hydrogens (tertiary/aromatic N) is 2. The number of hydrogen-bond acceptors (Lipinski definition) is 4. The molecule has 2 aliphatic heterocycles. The zero-order chi connectivity index (χ0) is 16.8. The first kappa shape index (κ1) is 17.5. The van der Waals surface area contributed by atoms with Crippen LogP contribution in [0.15, 0.2) is 24.3 Å². The first-order valence-electron chi connectivity index (χ1n) is 8.71. The highest BCUT2D eigenvalue weighted by molar-refractivity contribution is 7.99. The maximum atomic E-state index is 13.5. The fourth-order valence-corrected chi connectivity index (χ4v) is 4.48. The van der Waals surface area contributed by atoms with Gasteiger partial charge in [0, 0.05) is 32.2 Å². The maximum absolute atomic E-state index is 13.5. The van der Waals surface area contributed by atoms with E-state index >= 15 is 0 Å². The van der Waals surface area contributed by atoms with Gasteiger partial charge in [0.2, 0.25) is 0 Å². The Balaban J connectivity index is 1.48. The zero-order valence-electron chi connectivity index (χ0n) is 14.0. The van der Waals surface area contributed by atoms with Crippen LogP contribution in [-0.4, -0.2) is 66.0 Å². The van der Waals surface area contributed by atoms with E-state index in [-0.39, 0.29) is 18.3 Å². The van der Waals surface area contributed by atoms with Crippen LogP contribution in [-0.2, 0) is 4.79 Å². The second-order valence-corrected chi connectivity index (χ2v) is 7.56. The summed E-state index contributed by atoms with van der Waals surface area (Å²) in [6.07, 6.45) is 3.51. The molecule has 24 heavy (non-hydrogen) atoms. The summed E-state index contributed by atoms with van der Waals surface area (Å²) in [6.45, 7) is 3.40. The molecule has 2 fully saturated rings. The molecule has 0 N–H and O–H groups in total. The summed E-state index contributed by atoms with van der Waals surface area (Å²) in [5, 5.41) is 0. The maximum Gasteiger partial charge on any atom is 0.260 e. The van der Waals surface area contributed by atoms with E-state index in [1.165, 1.54) is 30.4 Å². The van der Waals surface area contributed by atoms with Gasteiger partial charge in [-0.2, -0.15) is 11.8 Å². The van der Waals surface area contributed by atoms with Crippen molar-refractivity contribution in [1.29, 1.82) is 0 Å². The second-order valence-electron chi connectivity index (χ2n) is 6.33. The molecule has 6 heteroatoms. The normalized spacial score (nSPS) is 20.6. The summed E-state index contributed by atoms with van der Waals surface area (Å²) in [4.78, 5) is 16.8. The van der Waals surface area contributed by atoms with E-state index in [0.29, 0.717) is 6.04 Å². The molecule has 0 saturated carbocycles. The van der Waals surface area contributed by atoms with Crippen molar-refractivity contribution in [2.24, 2.45) is 0 Å². The first-order chi connectivity index (χ1) is 11.7. The van der Waals surface area contributed by atoms with E-state index < -0.39 is 5.82 Å². The number of amides is 1. The van der Waals surface area contributed by atoms with Crippen molar-refractivity contribution in [3.8, 4) is 5.75 Å². The van der Waals surface area contributed by atoms with Crippen LogP contribution < -0.4 is 4.74 Å². The Morgan fingerprint density at radius 2 is 1.96 bits per heavy atom. The molecule has 0 unspecified atom stereocenters. The second kappa shape index (κ2) is 8.72. The number of rotatable bonds is 4. The number of para-hydroxylation sites is 1. The third kappa shape index (κ3) is 4.63. The van der Waals surface area contributed by atoms with Gasteiger partial charge in [-0.1, -0.05) is 12.1 Å². The number of hydrogen-bond donors (Lipinski definition) is 0. The Kier molecular flexibility index (Phi) is 6.37. The summed E-state index contributed by atoms with van der Waals surface area (Å²) >= 11 is 2.04. The fraction of sp³-hybridized carbons (Fsp3) is 0.611. The lowest BCUT2D eigenvalue weighted by Crippen LogP contribution is -2.42. The minimum atomic E-state index is -0.428. The Labute approximate surface area is 147 Å². The molecule has 1 aromatic carbocycles. The minimum Gasteiger partial charge on any atom is -0.481 e. The van der Waals surface area contributed by atoms with E-state index in [1.807, 2.05) is 16.7 Å². The van der Waals surface area contributed by atoms with Crippen LogP contribution in [0, 0.1) is 5.82 Å². The van der Waals surface area contributed by atoms with Gasteiger partial charge in [0.1, 0.15) is 0 Å². The largest absolute Gasteiger partial charge is 0.481 e. The van der Waals surface area contributed by atoms with Crippen LogP contribution in [0.4, 0.5) is 4.39 Å². The monoisotopic (exact) mass is 352 g/mol. The number of carbonyl (C=O) groups is 1. The van der Waals surface area contributed by atoms with Crippen molar-refractivity contribution >= 4 is 17.7 Å². The molecule has 0 aromatic heterocycles. The molecule has 0 bridgehead atoms. The van der Waals surface area contributed by atoms with Crippen molar-refractivity contribution in [3.63, 3.8) is 0 Å². The number of ether oxygens (including phenoxy) is 1. The summed E-state index contributed by atoms with van der Waals surface area (Å²) in [6, 6.07) is 6.88. The average Bonchev–Trinajstić information content (AvgIpc) is 2.88. The van der Waals surface area contributed by atoms with Crippen molar-refractivity contribution in [2.75, 3.05) is 44.3 Å². The van der Waals surface area contributed by atoms with Crippen molar-refractivity contribution in [3.05, 3.63) is 30.1 Å². The molecule has 1 aromatic rings. The van der Waals surface area contributed by atoms with Gasteiger partial charge in [-0.15, -0.1) is 0 Å². The molecule has 0 radical (unpaired) electrons.